The normalized spacial score (nSPS) is 15.5. The Kier molecular flexibility index (Phi) is 7.02. The average molecular weight is 424 g/mol. The number of esters is 2. The number of carbonyl (C=O) groups excluding carboxylic acids is 4. The van der Waals surface area contributed by atoms with Crippen LogP contribution in [0.1, 0.15) is 29.3 Å². The molecule has 31 heavy (non-hydrogen) atoms. The van der Waals surface area contributed by atoms with Gasteiger partial charge in [0.05, 0.1) is 18.1 Å². The van der Waals surface area contributed by atoms with Gasteiger partial charge in [-0.25, -0.2) is 4.79 Å². The van der Waals surface area contributed by atoms with E-state index in [1.807, 2.05) is 31.2 Å². The lowest BCUT2D eigenvalue weighted by molar-refractivity contribution is -0.151. The van der Waals surface area contributed by atoms with Gasteiger partial charge in [0.2, 0.25) is 5.91 Å². The maximum Gasteiger partial charge on any atom is 0.338 e. The van der Waals surface area contributed by atoms with Gasteiger partial charge in [0.1, 0.15) is 0 Å². The molecule has 162 valence electrons. The summed E-state index contributed by atoms with van der Waals surface area (Å²) in [6.07, 6.45) is 0.0453. The Bertz CT molecular complexity index is 969. The number of nitrogens with one attached hydrogen (secondary N) is 1. The summed E-state index contributed by atoms with van der Waals surface area (Å²) in [6, 6.07) is 13.6. The van der Waals surface area contributed by atoms with E-state index in [-0.39, 0.29) is 25.5 Å². The number of nitrogens with zero attached hydrogens (tertiary/aromatic N) is 1. The van der Waals surface area contributed by atoms with E-state index in [0.29, 0.717) is 11.3 Å². The molecule has 1 N–H and O–H groups in total. The Balaban J connectivity index is 1.48. The van der Waals surface area contributed by atoms with Crippen molar-refractivity contribution in [1.29, 1.82) is 0 Å². The third-order valence-corrected chi connectivity index (χ3v) is 4.83. The molecule has 1 fully saturated rings. The first-order valence-electron chi connectivity index (χ1n) is 9.98. The molecule has 1 atom stereocenters. The molecule has 2 aromatic carbocycles. The van der Waals surface area contributed by atoms with E-state index >= 15 is 0 Å². The molecule has 0 bridgehead atoms. The smallest absolute Gasteiger partial charge is 0.338 e. The molecular weight excluding hydrogens is 400 g/mol. The minimum atomic E-state index is -0.620. The summed E-state index contributed by atoms with van der Waals surface area (Å²) in [7, 11) is 0. The summed E-state index contributed by atoms with van der Waals surface area (Å²) in [5.41, 5.74) is 2.63. The summed E-state index contributed by atoms with van der Waals surface area (Å²) in [5, 5.41) is 2.59. The van der Waals surface area contributed by atoms with Gasteiger partial charge in [-0.3, -0.25) is 14.4 Å². The van der Waals surface area contributed by atoms with E-state index in [4.69, 9.17) is 9.47 Å². The second-order valence-corrected chi connectivity index (χ2v) is 7.19. The minimum absolute atomic E-state index is 0.0453. The fourth-order valence-corrected chi connectivity index (χ4v) is 3.20. The summed E-state index contributed by atoms with van der Waals surface area (Å²) >= 11 is 0. The predicted octanol–water partition coefficient (Wildman–Crippen LogP) is 2.71. The van der Waals surface area contributed by atoms with E-state index in [0.717, 1.165) is 11.3 Å². The van der Waals surface area contributed by atoms with E-state index in [2.05, 4.69) is 5.32 Å². The van der Waals surface area contributed by atoms with Crippen molar-refractivity contribution in [3.8, 4) is 0 Å². The minimum Gasteiger partial charge on any atom is -0.462 e. The van der Waals surface area contributed by atoms with Crippen LogP contribution in [-0.2, 0) is 23.9 Å². The van der Waals surface area contributed by atoms with Crippen LogP contribution >= 0.6 is 0 Å². The lowest BCUT2D eigenvalue weighted by Gasteiger charge is -2.16. The first-order valence-corrected chi connectivity index (χ1v) is 9.98. The number of hydrogen-bond acceptors (Lipinski definition) is 6. The maximum atomic E-state index is 12.3. The van der Waals surface area contributed by atoms with Gasteiger partial charge in [-0.05, 0) is 50.2 Å². The van der Waals surface area contributed by atoms with Gasteiger partial charge in [-0.2, -0.15) is 0 Å². The molecule has 0 saturated carbocycles. The summed E-state index contributed by atoms with van der Waals surface area (Å²) in [4.78, 5) is 49.9. The zero-order chi connectivity index (χ0) is 22.4. The molecule has 1 heterocycles. The number of aryl methyl sites for hydroxylation is 1. The van der Waals surface area contributed by atoms with Gasteiger partial charge in [0.25, 0.3) is 5.91 Å². The number of hydrogen-bond donors (Lipinski definition) is 1. The van der Waals surface area contributed by atoms with Gasteiger partial charge in [-0.15, -0.1) is 0 Å². The largest absolute Gasteiger partial charge is 0.462 e. The van der Waals surface area contributed by atoms with Crippen molar-refractivity contribution in [2.24, 2.45) is 5.92 Å². The molecule has 1 aliphatic rings. The van der Waals surface area contributed by atoms with Gasteiger partial charge >= 0.3 is 11.9 Å². The van der Waals surface area contributed by atoms with Gasteiger partial charge in [0, 0.05) is 24.3 Å². The van der Waals surface area contributed by atoms with Crippen molar-refractivity contribution < 1.29 is 28.7 Å². The molecule has 2 amide bonds. The van der Waals surface area contributed by atoms with Crippen LogP contribution in [0.4, 0.5) is 11.4 Å². The quantitative estimate of drug-likeness (QED) is 0.686. The predicted molar refractivity (Wildman–Crippen MR) is 114 cm³/mol. The second-order valence-electron chi connectivity index (χ2n) is 7.19. The van der Waals surface area contributed by atoms with Crippen LogP contribution in [0, 0.1) is 12.8 Å². The van der Waals surface area contributed by atoms with Gasteiger partial charge in [0.15, 0.2) is 6.61 Å². The van der Waals surface area contributed by atoms with Crippen LogP contribution in [-0.4, -0.2) is 43.5 Å². The Morgan fingerprint density at radius 3 is 2.35 bits per heavy atom. The average Bonchev–Trinajstić information content (AvgIpc) is 3.15. The number of rotatable bonds is 7. The highest BCUT2D eigenvalue weighted by atomic mass is 16.5. The Morgan fingerprint density at radius 2 is 1.71 bits per heavy atom. The Morgan fingerprint density at radius 1 is 1.03 bits per heavy atom. The van der Waals surface area contributed by atoms with Crippen LogP contribution < -0.4 is 10.2 Å². The van der Waals surface area contributed by atoms with Crippen LogP contribution in [0.25, 0.3) is 0 Å². The van der Waals surface area contributed by atoms with Crippen LogP contribution in [0.2, 0.25) is 0 Å². The molecule has 1 aliphatic heterocycles. The second kappa shape index (κ2) is 9.88. The zero-order valence-corrected chi connectivity index (χ0v) is 17.4. The molecule has 1 saturated heterocycles. The van der Waals surface area contributed by atoms with Gasteiger partial charge in [-0.1, -0.05) is 17.7 Å². The first kappa shape index (κ1) is 22.0. The molecule has 2 aromatic rings. The lowest BCUT2D eigenvalue weighted by Crippen LogP contribution is -2.28. The summed E-state index contributed by atoms with van der Waals surface area (Å²) in [6.45, 7) is 3.70. The zero-order valence-electron chi connectivity index (χ0n) is 17.4. The molecule has 0 aliphatic carbocycles. The third-order valence-electron chi connectivity index (χ3n) is 4.83. The lowest BCUT2D eigenvalue weighted by atomic mass is 10.1. The van der Waals surface area contributed by atoms with Gasteiger partial charge < -0.3 is 19.7 Å². The van der Waals surface area contributed by atoms with Crippen LogP contribution in [0.5, 0.6) is 0 Å². The van der Waals surface area contributed by atoms with E-state index in [9.17, 15) is 19.2 Å². The fourth-order valence-electron chi connectivity index (χ4n) is 3.20. The standard InChI is InChI=1S/C23H24N2O6/c1-3-30-22(28)16-6-8-18(9-7-16)24-20(26)14-31-23(29)17-12-21(27)25(13-17)19-10-4-15(2)5-11-19/h4-11,17H,3,12-14H2,1-2H3,(H,24,26)/t17-/m0/s1. The van der Waals surface area contributed by atoms with E-state index in [1.54, 1.807) is 24.0 Å². The summed E-state index contributed by atoms with van der Waals surface area (Å²) in [5.74, 6) is -2.32. The highest BCUT2D eigenvalue weighted by molar-refractivity contribution is 6.00. The molecule has 8 nitrogen and oxygen atoms in total. The number of anilines is 2. The molecule has 0 spiro atoms. The Labute approximate surface area is 180 Å². The molecule has 0 radical (unpaired) electrons. The summed E-state index contributed by atoms with van der Waals surface area (Å²) < 4.78 is 10.0. The molecular formula is C23H24N2O6. The molecule has 0 aromatic heterocycles. The first-order chi connectivity index (χ1) is 14.9. The van der Waals surface area contributed by atoms with Crippen LogP contribution in [0.3, 0.4) is 0 Å². The fraction of sp³-hybridized carbons (Fsp3) is 0.304. The van der Waals surface area contributed by atoms with Crippen molar-refractivity contribution in [1.82, 2.24) is 0 Å². The van der Waals surface area contributed by atoms with Crippen molar-refractivity contribution >= 4 is 35.1 Å². The maximum absolute atomic E-state index is 12.3. The van der Waals surface area contributed by atoms with Crippen molar-refractivity contribution in [2.75, 3.05) is 30.0 Å². The van der Waals surface area contributed by atoms with Crippen molar-refractivity contribution in [2.45, 2.75) is 20.3 Å². The monoisotopic (exact) mass is 424 g/mol. The SMILES string of the molecule is CCOC(=O)c1ccc(NC(=O)COC(=O)[C@H]2CC(=O)N(c3ccc(C)cc3)C2)cc1. The highest BCUT2D eigenvalue weighted by Crippen LogP contribution is 2.26. The molecule has 3 rings (SSSR count). The third kappa shape index (κ3) is 5.69. The molecule has 8 heteroatoms. The topological polar surface area (TPSA) is 102 Å². The van der Waals surface area contributed by atoms with E-state index in [1.165, 1.54) is 12.1 Å². The molecule has 0 unspecified atom stereocenters. The Hall–Kier alpha value is -3.68. The van der Waals surface area contributed by atoms with E-state index < -0.39 is 30.4 Å². The van der Waals surface area contributed by atoms with Crippen molar-refractivity contribution in [3.05, 3.63) is 59.7 Å². The van der Waals surface area contributed by atoms with Crippen LogP contribution in [0.15, 0.2) is 48.5 Å². The number of amides is 2. The highest BCUT2D eigenvalue weighted by Gasteiger charge is 2.36. The number of ether oxygens (including phenoxy) is 2. The van der Waals surface area contributed by atoms with Crippen molar-refractivity contribution in [3.63, 3.8) is 0 Å². The number of carbonyl (C=O) groups is 4. The number of benzene rings is 2.